The first-order valence-electron chi connectivity index (χ1n) is 9.69. The molecule has 0 saturated carbocycles. The van der Waals surface area contributed by atoms with E-state index in [-0.39, 0.29) is 0 Å². The first-order valence-corrected chi connectivity index (χ1v) is 10.6. The summed E-state index contributed by atoms with van der Waals surface area (Å²) in [5, 5.41) is 3.34. The summed E-state index contributed by atoms with van der Waals surface area (Å²) < 4.78 is 2.10. The second kappa shape index (κ2) is 8.25. The number of aromatic nitrogens is 3. The number of para-hydroxylation sites is 1. The molecule has 5 heteroatoms. The van der Waals surface area contributed by atoms with Gasteiger partial charge in [0.25, 0.3) is 0 Å². The predicted octanol–water partition coefficient (Wildman–Crippen LogP) is 5.07. The second-order valence-corrected chi connectivity index (χ2v) is 8.36. The van der Waals surface area contributed by atoms with Gasteiger partial charge in [-0.3, -0.25) is 0 Å². The lowest BCUT2D eigenvalue weighted by molar-refractivity contribution is 0.321. The number of hydrogen-bond acceptors (Lipinski definition) is 4. The van der Waals surface area contributed by atoms with E-state index >= 15 is 0 Å². The highest BCUT2D eigenvalue weighted by Crippen LogP contribution is 2.30. The maximum absolute atomic E-state index is 5.07. The van der Waals surface area contributed by atoms with Crippen LogP contribution in [0.5, 0.6) is 0 Å². The molecule has 3 aromatic heterocycles. The molecule has 28 heavy (non-hydrogen) atoms. The monoisotopic (exact) mass is 390 g/mol. The van der Waals surface area contributed by atoms with E-state index in [1.165, 1.54) is 21.4 Å². The van der Waals surface area contributed by atoms with Gasteiger partial charge in [0.1, 0.15) is 5.82 Å². The SMILES string of the molecule is Cc1cccc2cc(CN(C)CCCc3nccn3C)c(-c3cccs3)nc12. The van der Waals surface area contributed by atoms with Crippen LogP contribution in [0.1, 0.15) is 23.4 Å². The van der Waals surface area contributed by atoms with Gasteiger partial charge < -0.3 is 9.47 Å². The lowest BCUT2D eigenvalue weighted by Gasteiger charge is -2.19. The quantitative estimate of drug-likeness (QED) is 0.442. The third-order valence-electron chi connectivity index (χ3n) is 5.18. The van der Waals surface area contributed by atoms with Crippen LogP contribution in [0, 0.1) is 6.92 Å². The molecule has 0 atom stereocenters. The van der Waals surface area contributed by atoms with Crippen molar-refractivity contribution in [3.05, 3.63) is 71.1 Å². The summed E-state index contributed by atoms with van der Waals surface area (Å²) in [5.74, 6) is 1.15. The molecule has 0 spiro atoms. The van der Waals surface area contributed by atoms with E-state index in [0.29, 0.717) is 0 Å². The summed E-state index contributed by atoms with van der Waals surface area (Å²) in [6, 6.07) is 13.0. The van der Waals surface area contributed by atoms with Crippen molar-refractivity contribution in [2.24, 2.45) is 7.05 Å². The molecule has 1 aromatic carbocycles. The Bertz CT molecular complexity index is 1070. The van der Waals surface area contributed by atoms with Gasteiger partial charge in [0, 0.05) is 37.8 Å². The number of fused-ring (bicyclic) bond motifs is 1. The van der Waals surface area contributed by atoms with Crippen molar-refractivity contribution < 1.29 is 0 Å². The minimum atomic E-state index is 0.894. The molecule has 0 amide bonds. The van der Waals surface area contributed by atoms with Crippen LogP contribution in [-0.4, -0.2) is 33.0 Å². The highest BCUT2D eigenvalue weighted by molar-refractivity contribution is 7.13. The Balaban J connectivity index is 1.55. The van der Waals surface area contributed by atoms with E-state index in [4.69, 9.17) is 4.98 Å². The molecule has 0 aliphatic carbocycles. The number of benzene rings is 1. The summed E-state index contributed by atoms with van der Waals surface area (Å²) in [6.45, 7) is 4.06. The van der Waals surface area contributed by atoms with Crippen LogP contribution in [0.4, 0.5) is 0 Å². The second-order valence-electron chi connectivity index (χ2n) is 7.42. The maximum Gasteiger partial charge on any atom is 0.108 e. The third kappa shape index (κ3) is 4.01. The number of rotatable bonds is 7. The Labute approximate surface area is 170 Å². The normalized spacial score (nSPS) is 11.6. The van der Waals surface area contributed by atoms with E-state index < -0.39 is 0 Å². The molecule has 4 aromatic rings. The van der Waals surface area contributed by atoms with E-state index in [1.807, 2.05) is 12.4 Å². The molecule has 4 nitrogen and oxygen atoms in total. The van der Waals surface area contributed by atoms with E-state index in [0.717, 1.165) is 43.0 Å². The molecule has 0 aliphatic heterocycles. The third-order valence-corrected chi connectivity index (χ3v) is 6.06. The lowest BCUT2D eigenvalue weighted by atomic mass is 10.0. The molecular formula is C23H26N4S. The molecule has 4 rings (SSSR count). The van der Waals surface area contributed by atoms with E-state index in [1.54, 1.807) is 11.3 Å². The van der Waals surface area contributed by atoms with Crippen LogP contribution in [0.3, 0.4) is 0 Å². The number of hydrogen-bond donors (Lipinski definition) is 0. The Hall–Kier alpha value is -2.50. The van der Waals surface area contributed by atoms with Crippen molar-refractivity contribution in [2.45, 2.75) is 26.3 Å². The molecule has 0 bridgehead atoms. The van der Waals surface area contributed by atoms with Crippen LogP contribution in [-0.2, 0) is 20.0 Å². The molecule has 0 radical (unpaired) electrons. The van der Waals surface area contributed by atoms with Crippen molar-refractivity contribution in [3.8, 4) is 10.6 Å². The maximum atomic E-state index is 5.07. The number of nitrogens with zero attached hydrogens (tertiary/aromatic N) is 4. The molecular weight excluding hydrogens is 364 g/mol. The first kappa shape index (κ1) is 18.8. The Morgan fingerprint density at radius 1 is 1.18 bits per heavy atom. The fourth-order valence-corrected chi connectivity index (χ4v) is 4.40. The summed E-state index contributed by atoms with van der Waals surface area (Å²) >= 11 is 1.76. The van der Waals surface area contributed by atoms with Crippen molar-refractivity contribution in [3.63, 3.8) is 0 Å². The fourth-order valence-electron chi connectivity index (χ4n) is 3.65. The summed E-state index contributed by atoms with van der Waals surface area (Å²) in [4.78, 5) is 13.1. The largest absolute Gasteiger partial charge is 0.338 e. The summed E-state index contributed by atoms with van der Waals surface area (Å²) in [7, 11) is 4.25. The van der Waals surface area contributed by atoms with Gasteiger partial charge >= 0.3 is 0 Å². The molecule has 0 aliphatic rings. The van der Waals surface area contributed by atoms with E-state index in [2.05, 4.69) is 77.2 Å². The molecule has 0 unspecified atom stereocenters. The smallest absolute Gasteiger partial charge is 0.108 e. The Morgan fingerprint density at radius 2 is 2.07 bits per heavy atom. The minimum absolute atomic E-state index is 0.894. The minimum Gasteiger partial charge on any atom is -0.338 e. The van der Waals surface area contributed by atoms with Gasteiger partial charge in [-0.1, -0.05) is 24.3 Å². The van der Waals surface area contributed by atoms with Crippen molar-refractivity contribution in [1.29, 1.82) is 0 Å². The van der Waals surface area contributed by atoms with Crippen molar-refractivity contribution >= 4 is 22.2 Å². The van der Waals surface area contributed by atoms with Gasteiger partial charge in [-0.2, -0.15) is 0 Å². The van der Waals surface area contributed by atoms with Gasteiger partial charge in [0.05, 0.1) is 16.1 Å². The number of aryl methyl sites for hydroxylation is 3. The first-order chi connectivity index (χ1) is 13.6. The van der Waals surface area contributed by atoms with Gasteiger partial charge in [-0.05, 0) is 55.6 Å². The number of thiophene rings is 1. The van der Waals surface area contributed by atoms with Crippen LogP contribution in [0.25, 0.3) is 21.5 Å². The highest BCUT2D eigenvalue weighted by Gasteiger charge is 2.13. The standard InChI is InChI=1S/C23H26N4S/c1-17-7-4-8-18-15-19(23(25-22(17)18)20-9-6-14-28-20)16-26(2)12-5-10-21-24-11-13-27(21)3/h4,6-9,11,13-15H,5,10,12,16H2,1-3H3. The summed E-state index contributed by atoms with van der Waals surface area (Å²) in [6.07, 6.45) is 5.97. The van der Waals surface area contributed by atoms with E-state index in [9.17, 15) is 0 Å². The molecule has 3 heterocycles. The van der Waals surface area contributed by atoms with Crippen LogP contribution < -0.4 is 0 Å². The summed E-state index contributed by atoms with van der Waals surface area (Å²) in [5.41, 5.74) is 4.74. The van der Waals surface area contributed by atoms with Crippen molar-refractivity contribution in [1.82, 2.24) is 19.4 Å². The zero-order chi connectivity index (χ0) is 19.5. The fraction of sp³-hybridized carbons (Fsp3) is 0.304. The number of imidazole rings is 1. The zero-order valence-electron chi connectivity index (χ0n) is 16.7. The van der Waals surface area contributed by atoms with Crippen LogP contribution in [0.15, 0.2) is 54.2 Å². The van der Waals surface area contributed by atoms with Gasteiger partial charge in [0.15, 0.2) is 0 Å². The average Bonchev–Trinajstić information content (AvgIpc) is 3.34. The molecule has 0 fully saturated rings. The van der Waals surface area contributed by atoms with Gasteiger partial charge in [-0.15, -0.1) is 11.3 Å². The predicted molar refractivity (Wildman–Crippen MR) is 118 cm³/mol. The molecule has 144 valence electrons. The van der Waals surface area contributed by atoms with Crippen LogP contribution >= 0.6 is 11.3 Å². The van der Waals surface area contributed by atoms with Gasteiger partial charge in [-0.25, -0.2) is 9.97 Å². The average molecular weight is 391 g/mol. The molecule has 0 saturated heterocycles. The number of pyridine rings is 1. The van der Waals surface area contributed by atoms with Crippen molar-refractivity contribution in [2.75, 3.05) is 13.6 Å². The highest BCUT2D eigenvalue weighted by atomic mass is 32.1. The molecule has 0 N–H and O–H groups in total. The lowest BCUT2D eigenvalue weighted by Crippen LogP contribution is -2.20. The Morgan fingerprint density at radius 3 is 2.82 bits per heavy atom. The van der Waals surface area contributed by atoms with Gasteiger partial charge in [0.2, 0.25) is 0 Å². The zero-order valence-corrected chi connectivity index (χ0v) is 17.5. The topological polar surface area (TPSA) is 34.0 Å². The Kier molecular flexibility index (Phi) is 5.55. The van der Waals surface area contributed by atoms with Crippen LogP contribution in [0.2, 0.25) is 0 Å².